The molecule has 118 valence electrons. The Kier molecular flexibility index (Phi) is 6.08. The van der Waals surface area contributed by atoms with E-state index in [4.69, 9.17) is 22.3 Å². The first-order valence-corrected chi connectivity index (χ1v) is 9.32. The van der Waals surface area contributed by atoms with Crippen molar-refractivity contribution in [3.05, 3.63) is 28.3 Å². The molecule has 0 aliphatic rings. The molecule has 0 aliphatic carbocycles. The zero-order valence-corrected chi connectivity index (χ0v) is 14.7. The van der Waals surface area contributed by atoms with Crippen LogP contribution in [0.3, 0.4) is 0 Å². The third-order valence-corrected chi connectivity index (χ3v) is 5.27. The summed E-state index contributed by atoms with van der Waals surface area (Å²) in [7, 11) is 1.35. The van der Waals surface area contributed by atoms with E-state index in [-0.39, 0.29) is 33.3 Å². The lowest BCUT2D eigenvalue weighted by molar-refractivity contribution is 0.0924. The molecule has 0 saturated heterocycles. The predicted molar refractivity (Wildman–Crippen MR) is 85.6 cm³/mol. The van der Waals surface area contributed by atoms with E-state index in [9.17, 15) is 13.2 Å². The monoisotopic (exact) mass is 351 g/mol. The molecule has 1 aromatic carbocycles. The maximum absolute atomic E-state index is 12.3. The van der Waals surface area contributed by atoms with E-state index in [1.807, 2.05) is 20.8 Å². The second-order valence-corrected chi connectivity index (χ2v) is 8.19. The Morgan fingerprint density at radius 2 is 1.90 bits per heavy atom. The maximum atomic E-state index is 12.3. The molecule has 0 saturated carbocycles. The molecular formula is C14H19Cl2NO3S. The number of carbonyl (C=O) groups is 1. The second kappa shape index (κ2) is 6.99. The lowest BCUT2D eigenvalue weighted by atomic mass is 10.0. The standard InChI is InChI=1S/C14H19Cl2NO3S/c1-5-11(8(2)3)17-14(18)10-6-9(4)13(15)12(7-10)21(16,19)20/h6-8,11H,5H2,1-4H3,(H,17,18). The smallest absolute Gasteiger partial charge is 0.262 e. The van der Waals surface area contributed by atoms with E-state index in [0.717, 1.165) is 6.42 Å². The Morgan fingerprint density at radius 1 is 1.33 bits per heavy atom. The molecule has 1 aromatic rings. The van der Waals surface area contributed by atoms with Gasteiger partial charge in [0, 0.05) is 22.3 Å². The van der Waals surface area contributed by atoms with Crippen molar-refractivity contribution in [1.82, 2.24) is 5.32 Å². The van der Waals surface area contributed by atoms with Gasteiger partial charge in [-0.25, -0.2) is 8.42 Å². The molecule has 1 atom stereocenters. The molecule has 0 fully saturated rings. The van der Waals surface area contributed by atoms with Gasteiger partial charge < -0.3 is 5.32 Å². The Balaban J connectivity index is 3.20. The van der Waals surface area contributed by atoms with Crippen LogP contribution < -0.4 is 5.32 Å². The SMILES string of the molecule is CCC(NC(=O)c1cc(C)c(Cl)c(S(=O)(=O)Cl)c1)C(C)C. The van der Waals surface area contributed by atoms with Gasteiger partial charge in [0.15, 0.2) is 0 Å². The summed E-state index contributed by atoms with van der Waals surface area (Å²) in [6.07, 6.45) is 0.788. The van der Waals surface area contributed by atoms with E-state index in [0.29, 0.717) is 5.56 Å². The summed E-state index contributed by atoms with van der Waals surface area (Å²) in [5, 5.41) is 2.93. The zero-order valence-electron chi connectivity index (χ0n) is 12.4. The molecule has 1 amide bonds. The van der Waals surface area contributed by atoms with E-state index in [1.54, 1.807) is 13.0 Å². The van der Waals surface area contributed by atoms with Crippen LogP contribution in [0.2, 0.25) is 5.02 Å². The quantitative estimate of drug-likeness (QED) is 0.821. The van der Waals surface area contributed by atoms with Crippen LogP contribution in [0, 0.1) is 12.8 Å². The van der Waals surface area contributed by atoms with Crippen LogP contribution in [-0.4, -0.2) is 20.4 Å². The Morgan fingerprint density at radius 3 is 2.33 bits per heavy atom. The van der Waals surface area contributed by atoms with Crippen molar-refractivity contribution >= 4 is 37.2 Å². The molecule has 1 unspecified atom stereocenters. The number of halogens is 2. The van der Waals surface area contributed by atoms with Crippen LogP contribution in [0.1, 0.15) is 43.1 Å². The first-order chi connectivity index (χ1) is 9.57. The van der Waals surface area contributed by atoms with Gasteiger partial charge in [-0.1, -0.05) is 32.4 Å². The molecule has 4 nitrogen and oxygen atoms in total. The van der Waals surface area contributed by atoms with Crippen molar-refractivity contribution in [2.75, 3.05) is 0 Å². The second-order valence-electron chi connectivity index (χ2n) is 5.28. The maximum Gasteiger partial charge on any atom is 0.262 e. The number of rotatable bonds is 5. The number of aryl methyl sites for hydroxylation is 1. The average Bonchev–Trinajstić information content (AvgIpc) is 2.36. The lowest BCUT2D eigenvalue weighted by Crippen LogP contribution is -2.38. The minimum absolute atomic E-state index is 0.0181. The van der Waals surface area contributed by atoms with Gasteiger partial charge in [-0.15, -0.1) is 0 Å². The van der Waals surface area contributed by atoms with Gasteiger partial charge in [-0.05, 0) is 37.0 Å². The highest BCUT2D eigenvalue weighted by Gasteiger charge is 2.21. The van der Waals surface area contributed by atoms with Crippen LogP contribution in [0.25, 0.3) is 0 Å². The number of carbonyl (C=O) groups excluding carboxylic acids is 1. The van der Waals surface area contributed by atoms with E-state index >= 15 is 0 Å². The summed E-state index contributed by atoms with van der Waals surface area (Å²) in [6, 6.07) is 2.78. The topological polar surface area (TPSA) is 63.2 Å². The number of amides is 1. The molecule has 0 radical (unpaired) electrons. The molecule has 0 bridgehead atoms. The molecule has 21 heavy (non-hydrogen) atoms. The van der Waals surface area contributed by atoms with Crippen molar-refractivity contribution < 1.29 is 13.2 Å². The molecule has 0 aromatic heterocycles. The first kappa shape index (κ1) is 18.3. The molecule has 7 heteroatoms. The van der Waals surface area contributed by atoms with Crippen molar-refractivity contribution in [3.63, 3.8) is 0 Å². The third-order valence-electron chi connectivity index (χ3n) is 3.31. The number of nitrogens with one attached hydrogen (secondary N) is 1. The molecule has 0 heterocycles. The highest BCUT2D eigenvalue weighted by Crippen LogP contribution is 2.29. The highest BCUT2D eigenvalue weighted by molar-refractivity contribution is 8.13. The van der Waals surface area contributed by atoms with Gasteiger partial charge >= 0.3 is 0 Å². The molecule has 0 aliphatic heterocycles. The summed E-state index contributed by atoms with van der Waals surface area (Å²) in [6.45, 7) is 7.63. The fourth-order valence-electron chi connectivity index (χ4n) is 2.04. The minimum Gasteiger partial charge on any atom is -0.349 e. The Labute approximate surface area is 135 Å². The van der Waals surface area contributed by atoms with Crippen LogP contribution in [0.5, 0.6) is 0 Å². The van der Waals surface area contributed by atoms with Crippen molar-refractivity contribution in [3.8, 4) is 0 Å². The largest absolute Gasteiger partial charge is 0.349 e. The average molecular weight is 352 g/mol. The van der Waals surface area contributed by atoms with Gasteiger partial charge in [-0.3, -0.25) is 4.79 Å². The first-order valence-electron chi connectivity index (χ1n) is 6.63. The molecule has 1 N–H and O–H groups in total. The fraction of sp³-hybridized carbons (Fsp3) is 0.500. The lowest BCUT2D eigenvalue weighted by Gasteiger charge is -2.21. The van der Waals surface area contributed by atoms with Crippen molar-refractivity contribution in [2.24, 2.45) is 5.92 Å². The minimum atomic E-state index is -4.00. The Bertz CT molecular complexity index is 642. The summed E-state index contributed by atoms with van der Waals surface area (Å²) in [4.78, 5) is 12.0. The zero-order chi connectivity index (χ0) is 16.4. The summed E-state index contributed by atoms with van der Waals surface area (Å²) in [5.41, 5.74) is 0.719. The van der Waals surface area contributed by atoms with Gasteiger partial charge in [0.2, 0.25) is 0 Å². The Hall–Kier alpha value is -0.780. The molecular weight excluding hydrogens is 333 g/mol. The van der Waals surface area contributed by atoms with Crippen molar-refractivity contribution in [2.45, 2.75) is 45.1 Å². The summed E-state index contributed by atoms with van der Waals surface area (Å²) < 4.78 is 23.0. The van der Waals surface area contributed by atoms with E-state index in [2.05, 4.69) is 5.32 Å². The van der Waals surface area contributed by atoms with E-state index < -0.39 is 9.05 Å². The van der Waals surface area contributed by atoms with Gasteiger partial charge in [0.25, 0.3) is 15.0 Å². The molecule has 0 spiro atoms. The van der Waals surface area contributed by atoms with Gasteiger partial charge in [0.05, 0.1) is 5.02 Å². The predicted octanol–water partition coefficient (Wildman–Crippen LogP) is 3.74. The number of hydrogen-bond donors (Lipinski definition) is 1. The van der Waals surface area contributed by atoms with Crippen LogP contribution in [-0.2, 0) is 9.05 Å². The van der Waals surface area contributed by atoms with Crippen LogP contribution in [0.15, 0.2) is 17.0 Å². The van der Waals surface area contributed by atoms with Crippen LogP contribution in [0.4, 0.5) is 0 Å². The van der Waals surface area contributed by atoms with Gasteiger partial charge in [-0.2, -0.15) is 0 Å². The highest BCUT2D eigenvalue weighted by atomic mass is 35.7. The normalized spacial score (nSPS) is 13.3. The number of hydrogen-bond acceptors (Lipinski definition) is 3. The summed E-state index contributed by atoms with van der Waals surface area (Å²) in [5.74, 6) is -0.0551. The number of benzene rings is 1. The van der Waals surface area contributed by atoms with Gasteiger partial charge in [0.1, 0.15) is 4.90 Å². The van der Waals surface area contributed by atoms with E-state index in [1.165, 1.54) is 6.07 Å². The summed E-state index contributed by atoms with van der Waals surface area (Å²) >= 11 is 5.94. The van der Waals surface area contributed by atoms with Crippen LogP contribution >= 0.6 is 22.3 Å². The fourth-order valence-corrected chi connectivity index (χ4v) is 3.58. The molecule has 1 rings (SSSR count). The van der Waals surface area contributed by atoms with Crippen molar-refractivity contribution in [1.29, 1.82) is 0 Å². The third kappa shape index (κ3) is 4.59.